The Bertz CT molecular complexity index is 339. The maximum absolute atomic E-state index is 3.90. The van der Waals surface area contributed by atoms with E-state index in [-0.39, 0.29) is 0 Å². The maximum atomic E-state index is 3.90. The Hall–Kier alpha value is -0.640. The van der Waals surface area contributed by atoms with Gasteiger partial charge in [0.25, 0.3) is 0 Å². The molecule has 1 aromatic heterocycles. The number of hydrogen-bond donors (Lipinski definition) is 1. The van der Waals surface area contributed by atoms with Crippen LogP contribution in [0.2, 0.25) is 0 Å². The van der Waals surface area contributed by atoms with Crippen molar-refractivity contribution in [1.82, 2.24) is 10.2 Å². The molecule has 3 heteroatoms. The second-order valence-corrected chi connectivity index (χ2v) is 5.24. The molecule has 0 aromatic carbocycles. The molecule has 1 atom stereocenters. The van der Waals surface area contributed by atoms with Gasteiger partial charge in [0.2, 0.25) is 0 Å². The molecular weight excluding hydrogens is 216 g/mol. The van der Waals surface area contributed by atoms with Crippen molar-refractivity contribution in [3.8, 4) is 0 Å². The molecule has 1 aromatic rings. The highest BCUT2D eigenvalue weighted by Crippen LogP contribution is 2.31. The van der Waals surface area contributed by atoms with Crippen molar-refractivity contribution in [1.29, 1.82) is 0 Å². The van der Waals surface area contributed by atoms with Crippen LogP contribution in [0.1, 0.15) is 22.9 Å². The third-order valence-electron chi connectivity index (χ3n) is 3.19. The fraction of sp³-hybridized carbons (Fsp3) is 0.538. The zero-order valence-corrected chi connectivity index (χ0v) is 10.7. The van der Waals surface area contributed by atoms with Crippen molar-refractivity contribution in [3.63, 3.8) is 0 Å². The largest absolute Gasteiger partial charge is 0.314 e. The van der Waals surface area contributed by atoms with Gasteiger partial charge in [-0.15, -0.1) is 17.9 Å². The molecule has 0 unspecified atom stereocenters. The lowest BCUT2D eigenvalue weighted by Crippen LogP contribution is -2.45. The van der Waals surface area contributed by atoms with E-state index in [9.17, 15) is 0 Å². The van der Waals surface area contributed by atoms with E-state index in [1.807, 2.05) is 17.4 Å². The van der Waals surface area contributed by atoms with E-state index in [1.165, 1.54) is 10.4 Å². The number of nitrogens with zero attached hydrogens (tertiary/aromatic N) is 1. The maximum Gasteiger partial charge on any atom is 0.0479 e. The standard InChI is InChI=1S/C13H20N2S/c1-3-4-12(13-11(2)5-10-16-13)15-8-6-14-7-9-15/h3,5,10,12,14H,1,4,6-9H2,2H3/t12-/m1/s1. The summed E-state index contributed by atoms with van der Waals surface area (Å²) in [4.78, 5) is 4.10. The Labute approximate surface area is 102 Å². The van der Waals surface area contributed by atoms with Gasteiger partial charge in [-0.3, -0.25) is 4.90 Å². The third-order valence-corrected chi connectivity index (χ3v) is 4.31. The molecule has 1 fully saturated rings. The molecular formula is C13H20N2S. The molecule has 0 bridgehead atoms. The second-order valence-electron chi connectivity index (χ2n) is 4.29. The molecule has 2 heterocycles. The summed E-state index contributed by atoms with van der Waals surface area (Å²) in [7, 11) is 0. The minimum atomic E-state index is 0.541. The van der Waals surface area contributed by atoms with Crippen molar-refractivity contribution in [2.75, 3.05) is 26.2 Å². The summed E-state index contributed by atoms with van der Waals surface area (Å²) >= 11 is 1.88. The summed E-state index contributed by atoms with van der Waals surface area (Å²) in [5.41, 5.74) is 1.43. The molecule has 1 N–H and O–H groups in total. The number of aryl methyl sites for hydroxylation is 1. The Balaban J connectivity index is 2.15. The van der Waals surface area contributed by atoms with E-state index in [0.29, 0.717) is 6.04 Å². The van der Waals surface area contributed by atoms with Gasteiger partial charge < -0.3 is 5.32 Å². The minimum absolute atomic E-state index is 0.541. The summed E-state index contributed by atoms with van der Waals surface area (Å²) in [5, 5.41) is 5.60. The monoisotopic (exact) mass is 236 g/mol. The fourth-order valence-corrected chi connectivity index (χ4v) is 3.37. The Kier molecular flexibility index (Phi) is 4.16. The van der Waals surface area contributed by atoms with E-state index in [0.717, 1.165) is 32.6 Å². The Morgan fingerprint density at radius 2 is 2.31 bits per heavy atom. The number of nitrogens with one attached hydrogen (secondary N) is 1. The summed E-state index contributed by atoms with van der Waals surface area (Å²) in [6.45, 7) is 10.6. The molecule has 0 amide bonds. The topological polar surface area (TPSA) is 15.3 Å². The molecule has 88 valence electrons. The van der Waals surface area contributed by atoms with Crippen molar-refractivity contribution in [2.24, 2.45) is 0 Å². The van der Waals surface area contributed by atoms with Crippen LogP contribution in [0.3, 0.4) is 0 Å². The van der Waals surface area contributed by atoms with Crippen LogP contribution in [-0.2, 0) is 0 Å². The van der Waals surface area contributed by atoms with E-state index >= 15 is 0 Å². The number of rotatable bonds is 4. The molecule has 1 saturated heterocycles. The Morgan fingerprint density at radius 3 is 2.88 bits per heavy atom. The van der Waals surface area contributed by atoms with Crippen LogP contribution in [0.4, 0.5) is 0 Å². The Morgan fingerprint density at radius 1 is 1.56 bits per heavy atom. The van der Waals surface area contributed by atoms with Gasteiger partial charge in [0, 0.05) is 37.1 Å². The molecule has 16 heavy (non-hydrogen) atoms. The van der Waals surface area contributed by atoms with Gasteiger partial charge in [0.05, 0.1) is 0 Å². The molecule has 2 rings (SSSR count). The van der Waals surface area contributed by atoms with Crippen LogP contribution >= 0.6 is 11.3 Å². The van der Waals surface area contributed by atoms with Gasteiger partial charge in [0.15, 0.2) is 0 Å². The van der Waals surface area contributed by atoms with Gasteiger partial charge >= 0.3 is 0 Å². The van der Waals surface area contributed by atoms with Crippen LogP contribution in [0, 0.1) is 6.92 Å². The average Bonchev–Trinajstić information content (AvgIpc) is 2.73. The van der Waals surface area contributed by atoms with Gasteiger partial charge in [-0.05, 0) is 30.4 Å². The second kappa shape index (κ2) is 5.62. The predicted molar refractivity (Wildman–Crippen MR) is 71.1 cm³/mol. The van der Waals surface area contributed by atoms with Gasteiger partial charge in [-0.1, -0.05) is 6.08 Å². The molecule has 1 aliphatic rings. The molecule has 0 saturated carbocycles. The lowest BCUT2D eigenvalue weighted by Gasteiger charge is -2.34. The number of thiophene rings is 1. The first-order chi connectivity index (χ1) is 7.83. The fourth-order valence-electron chi connectivity index (χ4n) is 2.30. The summed E-state index contributed by atoms with van der Waals surface area (Å²) < 4.78 is 0. The molecule has 1 aliphatic heterocycles. The SMILES string of the molecule is C=CC[C@H](c1sccc1C)N1CCNCC1. The highest BCUT2D eigenvalue weighted by molar-refractivity contribution is 7.10. The minimum Gasteiger partial charge on any atom is -0.314 e. The van der Waals surface area contributed by atoms with Gasteiger partial charge in [0.1, 0.15) is 0 Å². The number of piperazine rings is 1. The lowest BCUT2D eigenvalue weighted by molar-refractivity contribution is 0.176. The van der Waals surface area contributed by atoms with E-state index in [1.54, 1.807) is 0 Å². The van der Waals surface area contributed by atoms with E-state index in [4.69, 9.17) is 0 Å². The molecule has 0 aliphatic carbocycles. The van der Waals surface area contributed by atoms with Crippen molar-refractivity contribution < 1.29 is 0 Å². The molecule has 0 radical (unpaired) electrons. The average molecular weight is 236 g/mol. The predicted octanol–water partition coefficient (Wildman–Crippen LogP) is 2.58. The first-order valence-corrected chi connectivity index (χ1v) is 6.80. The lowest BCUT2D eigenvalue weighted by atomic mass is 10.1. The normalized spacial score (nSPS) is 19.6. The van der Waals surface area contributed by atoms with Crippen molar-refractivity contribution in [3.05, 3.63) is 34.5 Å². The van der Waals surface area contributed by atoms with Crippen LogP contribution in [0.25, 0.3) is 0 Å². The van der Waals surface area contributed by atoms with E-state index in [2.05, 4.69) is 35.2 Å². The first kappa shape index (κ1) is 11.8. The van der Waals surface area contributed by atoms with Gasteiger partial charge in [-0.25, -0.2) is 0 Å². The van der Waals surface area contributed by atoms with Crippen LogP contribution in [0.15, 0.2) is 24.1 Å². The van der Waals surface area contributed by atoms with Crippen molar-refractivity contribution in [2.45, 2.75) is 19.4 Å². The van der Waals surface area contributed by atoms with Gasteiger partial charge in [-0.2, -0.15) is 0 Å². The number of hydrogen-bond acceptors (Lipinski definition) is 3. The van der Waals surface area contributed by atoms with Crippen LogP contribution < -0.4 is 5.32 Å². The first-order valence-electron chi connectivity index (χ1n) is 5.92. The zero-order chi connectivity index (χ0) is 11.4. The smallest absolute Gasteiger partial charge is 0.0479 e. The molecule has 2 nitrogen and oxygen atoms in total. The van der Waals surface area contributed by atoms with Crippen LogP contribution in [-0.4, -0.2) is 31.1 Å². The third kappa shape index (κ3) is 2.54. The summed E-state index contributed by atoms with van der Waals surface area (Å²) in [6, 6.07) is 2.76. The summed E-state index contributed by atoms with van der Waals surface area (Å²) in [6.07, 6.45) is 3.10. The highest BCUT2D eigenvalue weighted by atomic mass is 32.1. The zero-order valence-electron chi connectivity index (χ0n) is 9.91. The molecule has 0 spiro atoms. The van der Waals surface area contributed by atoms with Crippen molar-refractivity contribution >= 4 is 11.3 Å². The highest BCUT2D eigenvalue weighted by Gasteiger charge is 2.22. The van der Waals surface area contributed by atoms with Crippen LogP contribution in [0.5, 0.6) is 0 Å². The quantitative estimate of drug-likeness (QED) is 0.808. The van der Waals surface area contributed by atoms with E-state index < -0.39 is 0 Å². The summed E-state index contributed by atoms with van der Waals surface area (Å²) in [5.74, 6) is 0.